The van der Waals surface area contributed by atoms with Gasteiger partial charge in [-0.25, -0.2) is 9.97 Å². The monoisotopic (exact) mass is 367 g/mol. The summed E-state index contributed by atoms with van der Waals surface area (Å²) in [6.07, 6.45) is 3.81. The van der Waals surface area contributed by atoms with Gasteiger partial charge in [0.15, 0.2) is 0 Å². The van der Waals surface area contributed by atoms with Gasteiger partial charge in [-0.05, 0) is 62.4 Å². The Balaban J connectivity index is 1.66. The summed E-state index contributed by atoms with van der Waals surface area (Å²) in [5, 5.41) is 6.11. The van der Waals surface area contributed by atoms with Crippen LogP contribution in [0.2, 0.25) is 0 Å². The van der Waals surface area contributed by atoms with E-state index in [9.17, 15) is 4.79 Å². The molecule has 6 nitrogen and oxygen atoms in total. The Bertz CT molecular complexity index is 767. The van der Waals surface area contributed by atoms with E-state index < -0.39 is 0 Å². The van der Waals surface area contributed by atoms with E-state index >= 15 is 0 Å². The van der Waals surface area contributed by atoms with Gasteiger partial charge in [-0.1, -0.05) is 13.8 Å². The topological polar surface area (TPSA) is 70.2 Å². The maximum Gasteiger partial charge on any atom is 0.274 e. The van der Waals surface area contributed by atoms with Crippen molar-refractivity contribution in [2.75, 3.05) is 35.2 Å². The van der Waals surface area contributed by atoms with E-state index in [2.05, 4.69) is 51.5 Å². The summed E-state index contributed by atoms with van der Waals surface area (Å²) in [6.45, 7) is 9.08. The number of hydrogen-bond donors (Lipinski definition) is 2. The normalized spacial score (nSPS) is 14.3. The maximum atomic E-state index is 12.6. The minimum atomic E-state index is -0.223. The van der Waals surface area contributed by atoms with Gasteiger partial charge in [-0.15, -0.1) is 0 Å². The zero-order chi connectivity index (χ0) is 19.2. The fourth-order valence-electron chi connectivity index (χ4n) is 3.16. The van der Waals surface area contributed by atoms with Gasteiger partial charge in [0.2, 0.25) is 5.95 Å². The average molecular weight is 367 g/mol. The molecule has 1 fully saturated rings. The van der Waals surface area contributed by atoms with Crippen LogP contribution in [0.15, 0.2) is 30.3 Å². The molecule has 1 aliphatic heterocycles. The number of carbonyl (C=O) groups excluding carboxylic acids is 1. The van der Waals surface area contributed by atoms with Crippen LogP contribution >= 0.6 is 0 Å². The number of piperidine rings is 1. The third-order valence-electron chi connectivity index (χ3n) is 4.60. The van der Waals surface area contributed by atoms with E-state index in [-0.39, 0.29) is 5.91 Å². The van der Waals surface area contributed by atoms with Crippen LogP contribution in [-0.4, -0.2) is 35.5 Å². The molecule has 2 aromatic rings. The van der Waals surface area contributed by atoms with Gasteiger partial charge in [0.1, 0.15) is 5.69 Å². The first-order valence-electron chi connectivity index (χ1n) is 9.77. The smallest absolute Gasteiger partial charge is 0.274 e. The van der Waals surface area contributed by atoms with Crippen molar-refractivity contribution in [3.05, 3.63) is 41.7 Å². The molecule has 0 spiro atoms. The Hall–Kier alpha value is -2.63. The van der Waals surface area contributed by atoms with E-state index in [1.807, 2.05) is 19.1 Å². The van der Waals surface area contributed by atoms with E-state index in [1.165, 1.54) is 24.9 Å². The number of anilines is 3. The number of carbonyl (C=O) groups is 1. The van der Waals surface area contributed by atoms with Crippen molar-refractivity contribution in [3.63, 3.8) is 0 Å². The van der Waals surface area contributed by atoms with Crippen molar-refractivity contribution in [3.8, 4) is 0 Å². The fourth-order valence-corrected chi connectivity index (χ4v) is 3.16. The quantitative estimate of drug-likeness (QED) is 0.804. The lowest BCUT2D eigenvalue weighted by molar-refractivity contribution is 0.102. The molecule has 0 aliphatic carbocycles. The van der Waals surface area contributed by atoms with E-state index in [0.717, 1.165) is 31.0 Å². The van der Waals surface area contributed by atoms with Crippen molar-refractivity contribution >= 4 is 23.2 Å². The number of benzene rings is 1. The zero-order valence-electron chi connectivity index (χ0n) is 16.5. The van der Waals surface area contributed by atoms with E-state index in [0.29, 0.717) is 17.6 Å². The molecule has 0 atom stereocenters. The number of nitrogens with zero attached hydrogens (tertiary/aromatic N) is 3. The molecule has 0 radical (unpaired) electrons. The molecule has 0 saturated carbocycles. The van der Waals surface area contributed by atoms with Gasteiger partial charge in [0.05, 0.1) is 0 Å². The molecule has 144 valence electrons. The molecule has 6 heteroatoms. The average Bonchev–Trinajstić information content (AvgIpc) is 2.67. The number of rotatable bonds is 6. The first kappa shape index (κ1) is 19.1. The molecule has 27 heavy (non-hydrogen) atoms. The molecule has 1 aromatic carbocycles. The summed E-state index contributed by atoms with van der Waals surface area (Å²) in [7, 11) is 0. The lowest BCUT2D eigenvalue weighted by Gasteiger charge is -2.28. The molecule has 0 bridgehead atoms. The minimum absolute atomic E-state index is 0.223. The first-order chi connectivity index (χ1) is 13.0. The second kappa shape index (κ2) is 8.84. The summed E-state index contributed by atoms with van der Waals surface area (Å²) >= 11 is 0. The van der Waals surface area contributed by atoms with Gasteiger partial charge >= 0.3 is 0 Å². The molecule has 0 unspecified atom stereocenters. The molecule has 1 aliphatic rings. The summed E-state index contributed by atoms with van der Waals surface area (Å²) in [4.78, 5) is 23.7. The van der Waals surface area contributed by atoms with Crippen LogP contribution in [0.25, 0.3) is 0 Å². The Kier molecular flexibility index (Phi) is 6.27. The van der Waals surface area contributed by atoms with E-state index in [1.54, 1.807) is 6.07 Å². The van der Waals surface area contributed by atoms with Crippen LogP contribution in [-0.2, 0) is 0 Å². The fraction of sp³-hybridized carbons (Fsp3) is 0.476. The van der Waals surface area contributed by atoms with Crippen molar-refractivity contribution in [1.29, 1.82) is 0 Å². The van der Waals surface area contributed by atoms with Crippen molar-refractivity contribution in [2.45, 2.75) is 40.0 Å². The van der Waals surface area contributed by atoms with Gasteiger partial charge in [0, 0.05) is 36.7 Å². The standard InChI is InChI=1S/C21H29N5O/c1-15(2)14-22-21-23-16(3)13-19(25-21)20(27)24-17-7-9-18(10-8-17)26-11-5-4-6-12-26/h7-10,13,15H,4-6,11-12,14H2,1-3H3,(H,24,27)(H,22,23,25). The van der Waals surface area contributed by atoms with Crippen molar-refractivity contribution < 1.29 is 4.79 Å². The van der Waals surface area contributed by atoms with Crippen LogP contribution in [0.1, 0.15) is 49.3 Å². The predicted octanol–water partition coefficient (Wildman–Crippen LogP) is 4.10. The van der Waals surface area contributed by atoms with Crippen LogP contribution in [0, 0.1) is 12.8 Å². The van der Waals surface area contributed by atoms with E-state index in [4.69, 9.17) is 0 Å². The number of aromatic nitrogens is 2. The largest absolute Gasteiger partial charge is 0.372 e. The number of aryl methyl sites for hydroxylation is 1. The molecule has 1 aromatic heterocycles. The molecule has 2 N–H and O–H groups in total. The predicted molar refractivity (Wildman–Crippen MR) is 111 cm³/mol. The molecule has 1 saturated heterocycles. The highest BCUT2D eigenvalue weighted by Crippen LogP contribution is 2.22. The van der Waals surface area contributed by atoms with Crippen LogP contribution in [0.3, 0.4) is 0 Å². The van der Waals surface area contributed by atoms with Crippen LogP contribution < -0.4 is 15.5 Å². The van der Waals surface area contributed by atoms with Crippen LogP contribution in [0.5, 0.6) is 0 Å². The van der Waals surface area contributed by atoms with Gasteiger partial charge in [-0.3, -0.25) is 4.79 Å². The maximum absolute atomic E-state index is 12.6. The minimum Gasteiger partial charge on any atom is -0.372 e. The lowest BCUT2D eigenvalue weighted by Crippen LogP contribution is -2.29. The lowest BCUT2D eigenvalue weighted by atomic mass is 10.1. The molecule has 1 amide bonds. The van der Waals surface area contributed by atoms with Gasteiger partial charge < -0.3 is 15.5 Å². The highest BCUT2D eigenvalue weighted by molar-refractivity contribution is 6.03. The highest BCUT2D eigenvalue weighted by Gasteiger charge is 2.13. The van der Waals surface area contributed by atoms with Crippen LogP contribution in [0.4, 0.5) is 17.3 Å². The molecule has 3 rings (SSSR count). The SMILES string of the molecule is Cc1cc(C(=O)Nc2ccc(N3CCCCC3)cc2)nc(NCC(C)C)n1. The third-order valence-corrected chi connectivity index (χ3v) is 4.60. The molecular formula is C21H29N5O. The Morgan fingerprint density at radius 3 is 2.48 bits per heavy atom. The Labute approximate surface area is 161 Å². The summed E-state index contributed by atoms with van der Waals surface area (Å²) in [5.74, 6) is 0.748. The number of nitrogens with one attached hydrogen (secondary N) is 2. The second-order valence-electron chi connectivity index (χ2n) is 7.54. The summed E-state index contributed by atoms with van der Waals surface area (Å²) in [6, 6.07) is 9.75. The van der Waals surface area contributed by atoms with Crippen molar-refractivity contribution in [2.24, 2.45) is 5.92 Å². The number of hydrogen-bond acceptors (Lipinski definition) is 5. The zero-order valence-corrected chi connectivity index (χ0v) is 16.5. The Morgan fingerprint density at radius 2 is 1.81 bits per heavy atom. The molecule has 2 heterocycles. The summed E-state index contributed by atoms with van der Waals surface area (Å²) in [5.41, 5.74) is 3.12. The number of amides is 1. The van der Waals surface area contributed by atoms with Gasteiger partial charge in [0.25, 0.3) is 5.91 Å². The second-order valence-corrected chi connectivity index (χ2v) is 7.54. The van der Waals surface area contributed by atoms with Gasteiger partial charge in [-0.2, -0.15) is 0 Å². The highest BCUT2D eigenvalue weighted by atomic mass is 16.1. The third kappa shape index (κ3) is 5.42. The Morgan fingerprint density at radius 1 is 1.11 bits per heavy atom. The summed E-state index contributed by atoms with van der Waals surface area (Å²) < 4.78 is 0. The van der Waals surface area contributed by atoms with Crippen molar-refractivity contribution in [1.82, 2.24) is 9.97 Å². The molecular weight excluding hydrogens is 338 g/mol. The first-order valence-corrected chi connectivity index (χ1v) is 9.77.